The number of benzene rings is 2. The van der Waals surface area contributed by atoms with Gasteiger partial charge in [-0.25, -0.2) is 4.98 Å². The number of hydrogen-bond acceptors (Lipinski definition) is 6. The van der Waals surface area contributed by atoms with E-state index in [-0.39, 0.29) is 5.91 Å². The summed E-state index contributed by atoms with van der Waals surface area (Å²) in [6.45, 7) is 7.91. The lowest BCUT2D eigenvalue weighted by molar-refractivity contribution is 0.102. The zero-order valence-electron chi connectivity index (χ0n) is 19.7. The Morgan fingerprint density at radius 1 is 1.06 bits per heavy atom. The Bertz CT molecular complexity index is 1030. The maximum atomic E-state index is 12.7. The molecule has 0 aliphatic carbocycles. The van der Waals surface area contributed by atoms with Gasteiger partial charge in [0.1, 0.15) is 24.8 Å². The molecule has 8 heteroatoms. The van der Waals surface area contributed by atoms with E-state index in [0.717, 1.165) is 25.5 Å². The molecule has 176 valence electrons. The standard InChI is InChI=1S/C25H32N4O4/c1-5-29(6-2)15-16-32-23-17-20(9-12-22(23)31-4)27-25(30)19-7-10-21(11-8-19)33-18-24-26-13-14-28(24)3/h7-14,17H,5-6,15-16,18H2,1-4H3,(H,27,30). The Labute approximate surface area is 195 Å². The van der Waals surface area contributed by atoms with Crippen LogP contribution in [0.4, 0.5) is 5.69 Å². The van der Waals surface area contributed by atoms with Crippen LogP contribution in [0.1, 0.15) is 30.0 Å². The predicted octanol–water partition coefficient (Wildman–Crippen LogP) is 3.98. The molecule has 0 atom stereocenters. The van der Waals surface area contributed by atoms with Crippen molar-refractivity contribution in [2.75, 3.05) is 38.7 Å². The van der Waals surface area contributed by atoms with Crippen molar-refractivity contribution in [3.63, 3.8) is 0 Å². The van der Waals surface area contributed by atoms with Gasteiger partial charge in [-0.1, -0.05) is 13.8 Å². The third kappa shape index (κ3) is 6.73. The maximum Gasteiger partial charge on any atom is 0.255 e. The van der Waals surface area contributed by atoms with Crippen molar-refractivity contribution in [1.29, 1.82) is 0 Å². The Hall–Kier alpha value is -3.52. The minimum absolute atomic E-state index is 0.218. The molecule has 0 saturated heterocycles. The number of ether oxygens (including phenoxy) is 3. The molecule has 0 spiro atoms. The largest absolute Gasteiger partial charge is 0.493 e. The molecular weight excluding hydrogens is 420 g/mol. The van der Waals surface area contributed by atoms with Gasteiger partial charge in [0, 0.05) is 43.3 Å². The Morgan fingerprint density at radius 3 is 2.45 bits per heavy atom. The molecule has 1 heterocycles. The maximum absolute atomic E-state index is 12.7. The molecular formula is C25H32N4O4. The van der Waals surface area contributed by atoms with Crippen molar-refractivity contribution < 1.29 is 19.0 Å². The van der Waals surface area contributed by atoms with Crippen LogP contribution in [0.25, 0.3) is 0 Å². The van der Waals surface area contributed by atoms with Gasteiger partial charge in [-0.05, 0) is 49.5 Å². The lowest BCUT2D eigenvalue weighted by Crippen LogP contribution is -2.28. The number of nitrogens with zero attached hydrogens (tertiary/aromatic N) is 3. The molecule has 0 radical (unpaired) electrons. The zero-order chi connectivity index (χ0) is 23.6. The Morgan fingerprint density at radius 2 is 1.82 bits per heavy atom. The minimum atomic E-state index is -0.218. The third-order valence-corrected chi connectivity index (χ3v) is 5.39. The second-order valence-electron chi connectivity index (χ2n) is 7.46. The first kappa shape index (κ1) is 24.1. The highest BCUT2D eigenvalue weighted by Gasteiger charge is 2.11. The molecule has 0 aliphatic rings. The summed E-state index contributed by atoms with van der Waals surface area (Å²) in [6, 6.07) is 12.4. The molecule has 1 N–H and O–H groups in total. The van der Waals surface area contributed by atoms with Crippen LogP contribution in [0.2, 0.25) is 0 Å². The number of rotatable bonds is 12. The molecule has 8 nitrogen and oxygen atoms in total. The summed E-state index contributed by atoms with van der Waals surface area (Å²) in [6.07, 6.45) is 3.60. The smallest absolute Gasteiger partial charge is 0.255 e. The van der Waals surface area contributed by atoms with E-state index in [1.165, 1.54) is 0 Å². The van der Waals surface area contributed by atoms with Crippen molar-refractivity contribution in [3.8, 4) is 17.2 Å². The first-order chi connectivity index (χ1) is 16.0. The number of likely N-dealkylation sites (N-methyl/N-ethyl adjacent to an activating group) is 1. The summed E-state index contributed by atoms with van der Waals surface area (Å²) in [4.78, 5) is 19.2. The average Bonchev–Trinajstić information content (AvgIpc) is 3.25. The SMILES string of the molecule is CCN(CC)CCOc1cc(NC(=O)c2ccc(OCc3nccn3C)cc2)ccc1OC. The summed E-state index contributed by atoms with van der Waals surface area (Å²) in [7, 11) is 3.52. The first-order valence-electron chi connectivity index (χ1n) is 11.1. The van der Waals surface area contributed by atoms with E-state index in [0.29, 0.717) is 41.7 Å². The second kappa shape index (κ2) is 11.9. The second-order valence-corrected chi connectivity index (χ2v) is 7.46. The molecule has 0 saturated carbocycles. The van der Waals surface area contributed by atoms with Crippen LogP contribution >= 0.6 is 0 Å². The molecule has 1 amide bonds. The van der Waals surface area contributed by atoms with E-state index >= 15 is 0 Å². The van der Waals surface area contributed by atoms with E-state index < -0.39 is 0 Å². The Kier molecular flexibility index (Phi) is 8.71. The fourth-order valence-corrected chi connectivity index (χ4v) is 3.28. The fourth-order valence-electron chi connectivity index (χ4n) is 3.28. The summed E-state index contributed by atoms with van der Waals surface area (Å²) in [5, 5.41) is 2.91. The monoisotopic (exact) mass is 452 g/mol. The van der Waals surface area contributed by atoms with E-state index in [1.54, 1.807) is 55.8 Å². The molecule has 2 aromatic carbocycles. The fraction of sp³-hybridized carbons (Fsp3) is 0.360. The van der Waals surface area contributed by atoms with Crippen LogP contribution in [0.3, 0.4) is 0 Å². The van der Waals surface area contributed by atoms with Gasteiger partial charge in [-0.2, -0.15) is 0 Å². The quantitative estimate of drug-likeness (QED) is 0.448. The highest BCUT2D eigenvalue weighted by molar-refractivity contribution is 6.04. The number of aryl methyl sites for hydroxylation is 1. The van der Waals surface area contributed by atoms with Gasteiger partial charge in [0.2, 0.25) is 0 Å². The number of methoxy groups -OCH3 is 1. The van der Waals surface area contributed by atoms with Crippen LogP contribution in [-0.2, 0) is 13.7 Å². The number of aromatic nitrogens is 2. The summed E-state index contributed by atoms with van der Waals surface area (Å²) in [5.74, 6) is 2.50. The average molecular weight is 453 g/mol. The van der Waals surface area contributed by atoms with Crippen molar-refractivity contribution >= 4 is 11.6 Å². The molecule has 0 fully saturated rings. The van der Waals surface area contributed by atoms with Crippen LogP contribution < -0.4 is 19.5 Å². The number of imidazole rings is 1. The number of anilines is 1. The van der Waals surface area contributed by atoms with Gasteiger partial charge in [0.05, 0.1) is 7.11 Å². The molecule has 0 unspecified atom stereocenters. The van der Waals surface area contributed by atoms with Crippen molar-refractivity contribution in [2.45, 2.75) is 20.5 Å². The van der Waals surface area contributed by atoms with Crippen molar-refractivity contribution in [2.24, 2.45) is 7.05 Å². The van der Waals surface area contributed by atoms with Gasteiger partial charge in [0.15, 0.2) is 11.5 Å². The number of amides is 1. The van der Waals surface area contributed by atoms with Gasteiger partial charge >= 0.3 is 0 Å². The van der Waals surface area contributed by atoms with Crippen LogP contribution in [0.15, 0.2) is 54.9 Å². The predicted molar refractivity (Wildman–Crippen MR) is 128 cm³/mol. The number of carbonyl (C=O) groups is 1. The number of carbonyl (C=O) groups excluding carboxylic acids is 1. The van der Waals surface area contributed by atoms with Gasteiger partial charge in [-0.15, -0.1) is 0 Å². The van der Waals surface area contributed by atoms with Crippen LogP contribution in [0.5, 0.6) is 17.2 Å². The summed E-state index contributed by atoms with van der Waals surface area (Å²) in [5.41, 5.74) is 1.16. The minimum Gasteiger partial charge on any atom is -0.493 e. The van der Waals surface area contributed by atoms with Gasteiger partial charge in [-0.3, -0.25) is 4.79 Å². The number of nitrogens with one attached hydrogen (secondary N) is 1. The van der Waals surface area contributed by atoms with Crippen LogP contribution in [0, 0.1) is 0 Å². The number of hydrogen-bond donors (Lipinski definition) is 1. The Balaban J connectivity index is 1.59. The third-order valence-electron chi connectivity index (χ3n) is 5.39. The lowest BCUT2D eigenvalue weighted by Gasteiger charge is -2.19. The molecule has 3 rings (SSSR count). The molecule has 0 aliphatic heterocycles. The molecule has 0 bridgehead atoms. The first-order valence-corrected chi connectivity index (χ1v) is 11.1. The van der Waals surface area contributed by atoms with Crippen molar-refractivity contribution in [3.05, 3.63) is 66.2 Å². The zero-order valence-corrected chi connectivity index (χ0v) is 19.7. The topological polar surface area (TPSA) is 77.9 Å². The van der Waals surface area contributed by atoms with Crippen LogP contribution in [-0.4, -0.2) is 53.7 Å². The van der Waals surface area contributed by atoms with Gasteiger partial charge < -0.3 is 29.0 Å². The normalized spacial score (nSPS) is 10.8. The van der Waals surface area contributed by atoms with Crippen molar-refractivity contribution in [1.82, 2.24) is 14.5 Å². The van der Waals surface area contributed by atoms with E-state index in [2.05, 4.69) is 29.0 Å². The lowest BCUT2D eigenvalue weighted by atomic mass is 10.2. The molecule has 33 heavy (non-hydrogen) atoms. The van der Waals surface area contributed by atoms with E-state index in [4.69, 9.17) is 14.2 Å². The molecule has 1 aromatic heterocycles. The highest BCUT2D eigenvalue weighted by Crippen LogP contribution is 2.30. The molecule has 3 aromatic rings. The summed E-state index contributed by atoms with van der Waals surface area (Å²) < 4.78 is 19.0. The summed E-state index contributed by atoms with van der Waals surface area (Å²) >= 11 is 0. The van der Waals surface area contributed by atoms with E-state index in [1.807, 2.05) is 17.8 Å². The van der Waals surface area contributed by atoms with E-state index in [9.17, 15) is 4.79 Å². The van der Waals surface area contributed by atoms with Gasteiger partial charge in [0.25, 0.3) is 5.91 Å². The highest BCUT2D eigenvalue weighted by atomic mass is 16.5.